The second-order valence-electron chi connectivity index (χ2n) is 3.62. The first-order valence-corrected chi connectivity index (χ1v) is 5.39. The van der Waals surface area contributed by atoms with E-state index < -0.39 is 0 Å². The third-order valence-corrected chi connectivity index (χ3v) is 2.54. The number of carbonyl (C=O) groups is 1. The second-order valence-corrected chi connectivity index (χ2v) is 4.03. The lowest BCUT2D eigenvalue weighted by Gasteiger charge is -2.12. The van der Waals surface area contributed by atoms with Crippen LogP contribution in [0.4, 0.5) is 5.69 Å². The predicted octanol–water partition coefficient (Wildman–Crippen LogP) is 1.42. The SMILES string of the molecule is CC(CCO)NC(=O)c1ccc(Cl)c(N)c1. The fourth-order valence-electron chi connectivity index (χ4n) is 1.26. The molecule has 1 atom stereocenters. The van der Waals surface area contributed by atoms with Gasteiger partial charge in [0.25, 0.3) is 5.91 Å². The van der Waals surface area contributed by atoms with Crippen LogP contribution in [-0.4, -0.2) is 23.7 Å². The van der Waals surface area contributed by atoms with Crippen LogP contribution in [0.2, 0.25) is 5.02 Å². The van der Waals surface area contributed by atoms with E-state index in [-0.39, 0.29) is 18.6 Å². The smallest absolute Gasteiger partial charge is 0.251 e. The molecule has 1 amide bonds. The summed E-state index contributed by atoms with van der Waals surface area (Å²) in [6.07, 6.45) is 0.523. The number of nitrogens with two attached hydrogens (primary N) is 1. The van der Waals surface area contributed by atoms with Crippen LogP contribution in [0, 0.1) is 0 Å². The molecule has 0 aliphatic carbocycles. The Bertz CT molecular complexity index is 382. The molecule has 0 spiro atoms. The van der Waals surface area contributed by atoms with Crippen molar-refractivity contribution in [2.45, 2.75) is 19.4 Å². The number of hydrogen-bond donors (Lipinski definition) is 3. The number of rotatable bonds is 4. The number of benzene rings is 1. The quantitative estimate of drug-likeness (QED) is 0.699. The highest BCUT2D eigenvalue weighted by Gasteiger charge is 2.10. The third kappa shape index (κ3) is 3.40. The number of anilines is 1. The van der Waals surface area contributed by atoms with Gasteiger partial charge in [-0.3, -0.25) is 4.79 Å². The largest absolute Gasteiger partial charge is 0.398 e. The highest BCUT2D eigenvalue weighted by atomic mass is 35.5. The molecular weight excluding hydrogens is 228 g/mol. The Kier molecular flexibility index (Phi) is 4.58. The zero-order valence-electron chi connectivity index (χ0n) is 9.03. The van der Waals surface area contributed by atoms with Crippen LogP contribution in [0.1, 0.15) is 23.7 Å². The van der Waals surface area contributed by atoms with Gasteiger partial charge in [0.15, 0.2) is 0 Å². The molecule has 0 bridgehead atoms. The molecule has 0 aliphatic heterocycles. The summed E-state index contributed by atoms with van der Waals surface area (Å²) in [5.41, 5.74) is 6.44. The molecule has 88 valence electrons. The molecule has 4 N–H and O–H groups in total. The van der Waals surface area contributed by atoms with Gasteiger partial charge in [0.2, 0.25) is 0 Å². The first-order valence-electron chi connectivity index (χ1n) is 5.01. The average Bonchev–Trinajstić information content (AvgIpc) is 2.22. The van der Waals surface area contributed by atoms with Crippen molar-refractivity contribution < 1.29 is 9.90 Å². The summed E-state index contributed by atoms with van der Waals surface area (Å²) in [5, 5.41) is 11.9. The maximum absolute atomic E-state index is 11.7. The van der Waals surface area contributed by atoms with E-state index in [0.29, 0.717) is 22.7 Å². The summed E-state index contributed by atoms with van der Waals surface area (Å²) >= 11 is 5.75. The summed E-state index contributed by atoms with van der Waals surface area (Å²) in [7, 11) is 0. The van der Waals surface area contributed by atoms with Crippen LogP contribution >= 0.6 is 11.6 Å². The molecule has 1 unspecified atom stereocenters. The minimum absolute atomic E-state index is 0.0458. The second kappa shape index (κ2) is 5.72. The summed E-state index contributed by atoms with van der Waals surface area (Å²) in [5.74, 6) is -0.218. The Balaban J connectivity index is 2.69. The van der Waals surface area contributed by atoms with Gasteiger partial charge in [-0.15, -0.1) is 0 Å². The van der Waals surface area contributed by atoms with E-state index in [2.05, 4.69) is 5.32 Å². The highest BCUT2D eigenvalue weighted by Crippen LogP contribution is 2.19. The van der Waals surface area contributed by atoms with Gasteiger partial charge >= 0.3 is 0 Å². The lowest BCUT2D eigenvalue weighted by Crippen LogP contribution is -2.33. The maximum Gasteiger partial charge on any atom is 0.251 e. The lowest BCUT2D eigenvalue weighted by atomic mass is 10.1. The fraction of sp³-hybridized carbons (Fsp3) is 0.364. The van der Waals surface area contributed by atoms with Crippen LogP contribution in [0.15, 0.2) is 18.2 Å². The van der Waals surface area contributed by atoms with Gasteiger partial charge in [-0.2, -0.15) is 0 Å². The number of halogens is 1. The maximum atomic E-state index is 11.7. The zero-order valence-corrected chi connectivity index (χ0v) is 9.79. The molecule has 4 nitrogen and oxygen atoms in total. The standard InChI is InChI=1S/C11H15ClN2O2/c1-7(4-5-15)14-11(16)8-2-3-9(12)10(13)6-8/h2-3,6-7,15H,4-5,13H2,1H3,(H,14,16). The van der Waals surface area contributed by atoms with Crippen LogP contribution in [0.5, 0.6) is 0 Å². The summed E-state index contributed by atoms with van der Waals surface area (Å²) < 4.78 is 0. The van der Waals surface area contributed by atoms with Crippen LogP contribution < -0.4 is 11.1 Å². The molecule has 0 aliphatic rings. The number of carbonyl (C=O) groups excluding carboxylic acids is 1. The van der Waals surface area contributed by atoms with E-state index in [1.165, 1.54) is 6.07 Å². The van der Waals surface area contributed by atoms with Crippen LogP contribution in [-0.2, 0) is 0 Å². The van der Waals surface area contributed by atoms with Crippen molar-refractivity contribution >= 4 is 23.2 Å². The molecule has 0 saturated carbocycles. The molecule has 0 radical (unpaired) electrons. The molecule has 0 saturated heterocycles. The first kappa shape index (κ1) is 12.8. The van der Waals surface area contributed by atoms with E-state index in [4.69, 9.17) is 22.4 Å². The van der Waals surface area contributed by atoms with Gasteiger partial charge in [-0.1, -0.05) is 11.6 Å². The molecule has 0 heterocycles. The number of nitrogen functional groups attached to an aromatic ring is 1. The Morgan fingerprint density at radius 2 is 2.31 bits per heavy atom. The van der Waals surface area contributed by atoms with E-state index in [0.717, 1.165) is 0 Å². The lowest BCUT2D eigenvalue weighted by molar-refractivity contribution is 0.0934. The Morgan fingerprint density at radius 3 is 2.88 bits per heavy atom. The van der Waals surface area contributed by atoms with E-state index in [1.54, 1.807) is 12.1 Å². The molecule has 1 aromatic carbocycles. The minimum Gasteiger partial charge on any atom is -0.398 e. The van der Waals surface area contributed by atoms with Gasteiger partial charge in [-0.05, 0) is 31.5 Å². The minimum atomic E-state index is -0.218. The molecule has 1 rings (SSSR count). The van der Waals surface area contributed by atoms with E-state index in [9.17, 15) is 4.79 Å². The normalized spacial score (nSPS) is 12.2. The van der Waals surface area contributed by atoms with E-state index >= 15 is 0 Å². The van der Waals surface area contributed by atoms with Gasteiger partial charge < -0.3 is 16.2 Å². The van der Waals surface area contributed by atoms with Crippen molar-refractivity contribution in [1.82, 2.24) is 5.32 Å². The van der Waals surface area contributed by atoms with E-state index in [1.807, 2.05) is 6.92 Å². The number of aliphatic hydroxyl groups excluding tert-OH is 1. The Labute approximate surface area is 99.4 Å². The number of aliphatic hydroxyl groups is 1. The summed E-state index contributed by atoms with van der Waals surface area (Å²) in [4.78, 5) is 11.7. The number of hydrogen-bond acceptors (Lipinski definition) is 3. The number of amides is 1. The van der Waals surface area contributed by atoms with Crippen LogP contribution in [0.25, 0.3) is 0 Å². The molecule has 5 heteroatoms. The molecular formula is C11H15ClN2O2. The van der Waals surface area contributed by atoms with Crippen molar-refractivity contribution in [2.24, 2.45) is 0 Å². The average molecular weight is 243 g/mol. The summed E-state index contributed by atoms with van der Waals surface area (Å²) in [6, 6.07) is 4.65. The fourth-order valence-corrected chi connectivity index (χ4v) is 1.38. The Morgan fingerprint density at radius 1 is 1.62 bits per heavy atom. The first-order chi connectivity index (χ1) is 7.54. The van der Waals surface area contributed by atoms with Crippen molar-refractivity contribution in [2.75, 3.05) is 12.3 Å². The topological polar surface area (TPSA) is 75.3 Å². The molecule has 16 heavy (non-hydrogen) atoms. The zero-order chi connectivity index (χ0) is 12.1. The van der Waals surface area contributed by atoms with Crippen LogP contribution in [0.3, 0.4) is 0 Å². The third-order valence-electron chi connectivity index (χ3n) is 2.20. The van der Waals surface area contributed by atoms with Gasteiger partial charge in [0.05, 0.1) is 10.7 Å². The monoisotopic (exact) mass is 242 g/mol. The van der Waals surface area contributed by atoms with Gasteiger partial charge in [0, 0.05) is 18.2 Å². The highest BCUT2D eigenvalue weighted by molar-refractivity contribution is 6.33. The van der Waals surface area contributed by atoms with Crippen molar-refractivity contribution in [3.63, 3.8) is 0 Å². The summed E-state index contributed by atoms with van der Waals surface area (Å²) in [6.45, 7) is 1.87. The van der Waals surface area contributed by atoms with Gasteiger partial charge in [-0.25, -0.2) is 0 Å². The molecule has 0 fully saturated rings. The number of nitrogens with one attached hydrogen (secondary N) is 1. The Hall–Kier alpha value is -1.26. The molecule has 0 aromatic heterocycles. The predicted molar refractivity (Wildman–Crippen MR) is 64.5 cm³/mol. The van der Waals surface area contributed by atoms with Crippen molar-refractivity contribution in [1.29, 1.82) is 0 Å². The van der Waals surface area contributed by atoms with Crippen molar-refractivity contribution in [3.8, 4) is 0 Å². The van der Waals surface area contributed by atoms with Crippen molar-refractivity contribution in [3.05, 3.63) is 28.8 Å². The molecule has 1 aromatic rings. The van der Waals surface area contributed by atoms with Gasteiger partial charge in [0.1, 0.15) is 0 Å².